The Morgan fingerprint density at radius 1 is 1.26 bits per heavy atom. The van der Waals surface area contributed by atoms with Gasteiger partial charge in [0.2, 0.25) is 0 Å². The average Bonchev–Trinajstić information content (AvgIpc) is 2.41. The maximum absolute atomic E-state index is 12.2. The van der Waals surface area contributed by atoms with Crippen molar-refractivity contribution in [3.8, 4) is 0 Å². The fraction of sp³-hybridized carbons (Fsp3) is 0.214. The van der Waals surface area contributed by atoms with Crippen LogP contribution in [0.1, 0.15) is 21.7 Å². The van der Waals surface area contributed by atoms with E-state index in [9.17, 15) is 4.79 Å². The van der Waals surface area contributed by atoms with Crippen LogP contribution in [0, 0.1) is 6.92 Å². The molecule has 1 aromatic carbocycles. The minimum atomic E-state index is -0.136. The standard InChI is InChI=1S/C14H14BrN3O/c1-10-7-17-13(8-16-10)14(19)18(2)9-11-5-3-4-6-12(11)15/h3-8H,9H2,1-2H3. The van der Waals surface area contributed by atoms with Gasteiger partial charge < -0.3 is 4.90 Å². The number of carbonyl (C=O) groups excluding carboxylic acids is 1. The van der Waals surface area contributed by atoms with E-state index < -0.39 is 0 Å². The Hall–Kier alpha value is -1.75. The number of aromatic nitrogens is 2. The number of hydrogen-bond acceptors (Lipinski definition) is 3. The number of halogens is 1. The third kappa shape index (κ3) is 3.38. The molecule has 2 rings (SSSR count). The van der Waals surface area contributed by atoms with Crippen molar-refractivity contribution in [2.75, 3.05) is 7.05 Å². The summed E-state index contributed by atoms with van der Waals surface area (Å²) in [6, 6.07) is 7.83. The van der Waals surface area contributed by atoms with Gasteiger partial charge in [0.05, 0.1) is 11.9 Å². The normalized spacial score (nSPS) is 10.3. The molecule has 1 amide bonds. The number of nitrogens with zero attached hydrogens (tertiary/aromatic N) is 3. The molecule has 0 bridgehead atoms. The summed E-state index contributed by atoms with van der Waals surface area (Å²) in [5, 5.41) is 0. The first kappa shape index (κ1) is 13.7. The molecule has 0 N–H and O–H groups in total. The lowest BCUT2D eigenvalue weighted by Crippen LogP contribution is -2.27. The van der Waals surface area contributed by atoms with Crippen molar-refractivity contribution >= 4 is 21.8 Å². The molecular formula is C14H14BrN3O. The monoisotopic (exact) mass is 319 g/mol. The van der Waals surface area contributed by atoms with Crippen LogP contribution in [0.2, 0.25) is 0 Å². The zero-order valence-electron chi connectivity index (χ0n) is 10.8. The second-order valence-corrected chi connectivity index (χ2v) is 5.15. The summed E-state index contributed by atoms with van der Waals surface area (Å²) in [4.78, 5) is 22.0. The summed E-state index contributed by atoms with van der Waals surface area (Å²) < 4.78 is 0.990. The molecule has 0 fully saturated rings. The minimum absolute atomic E-state index is 0.136. The lowest BCUT2D eigenvalue weighted by atomic mass is 10.2. The van der Waals surface area contributed by atoms with Gasteiger partial charge in [-0.1, -0.05) is 34.1 Å². The molecule has 98 valence electrons. The van der Waals surface area contributed by atoms with Crippen LogP contribution in [0.25, 0.3) is 0 Å². The highest BCUT2D eigenvalue weighted by Gasteiger charge is 2.14. The average molecular weight is 320 g/mol. The van der Waals surface area contributed by atoms with Crippen LogP contribution >= 0.6 is 15.9 Å². The predicted octanol–water partition coefficient (Wildman–Crippen LogP) is 2.82. The van der Waals surface area contributed by atoms with Gasteiger partial charge in [0.1, 0.15) is 5.69 Å². The first-order valence-electron chi connectivity index (χ1n) is 5.85. The highest BCUT2D eigenvalue weighted by atomic mass is 79.9. The largest absolute Gasteiger partial charge is 0.336 e. The summed E-state index contributed by atoms with van der Waals surface area (Å²) >= 11 is 3.47. The van der Waals surface area contributed by atoms with Gasteiger partial charge >= 0.3 is 0 Å². The number of rotatable bonds is 3. The van der Waals surface area contributed by atoms with Gasteiger partial charge in [-0.05, 0) is 18.6 Å². The van der Waals surface area contributed by atoms with Crippen molar-refractivity contribution in [3.63, 3.8) is 0 Å². The van der Waals surface area contributed by atoms with Gasteiger partial charge in [-0.2, -0.15) is 0 Å². The van der Waals surface area contributed by atoms with E-state index in [4.69, 9.17) is 0 Å². The van der Waals surface area contributed by atoms with Gasteiger partial charge in [0.15, 0.2) is 0 Å². The zero-order chi connectivity index (χ0) is 13.8. The summed E-state index contributed by atoms with van der Waals surface area (Å²) in [7, 11) is 1.75. The Bertz CT molecular complexity index is 583. The fourth-order valence-electron chi connectivity index (χ4n) is 1.65. The number of hydrogen-bond donors (Lipinski definition) is 0. The highest BCUT2D eigenvalue weighted by molar-refractivity contribution is 9.10. The molecule has 0 unspecified atom stereocenters. The molecule has 0 saturated heterocycles. The van der Waals surface area contributed by atoms with Gasteiger partial charge in [-0.3, -0.25) is 9.78 Å². The lowest BCUT2D eigenvalue weighted by Gasteiger charge is -2.17. The van der Waals surface area contributed by atoms with E-state index in [1.54, 1.807) is 18.1 Å². The Labute approximate surface area is 120 Å². The third-order valence-corrected chi connectivity index (χ3v) is 3.49. The molecule has 5 heteroatoms. The van der Waals surface area contributed by atoms with E-state index >= 15 is 0 Å². The minimum Gasteiger partial charge on any atom is -0.336 e. The van der Waals surface area contributed by atoms with Gasteiger partial charge in [-0.25, -0.2) is 4.98 Å². The molecule has 0 saturated carbocycles. The van der Waals surface area contributed by atoms with Gasteiger partial charge in [0, 0.05) is 24.3 Å². The molecule has 0 radical (unpaired) electrons. The molecule has 4 nitrogen and oxygen atoms in total. The SMILES string of the molecule is Cc1cnc(C(=O)N(C)Cc2ccccc2Br)cn1. The van der Waals surface area contributed by atoms with Crippen LogP contribution < -0.4 is 0 Å². The number of amides is 1. The van der Waals surface area contributed by atoms with Crippen molar-refractivity contribution in [2.24, 2.45) is 0 Å². The topological polar surface area (TPSA) is 46.1 Å². The Kier molecular flexibility index (Phi) is 4.27. The molecule has 0 atom stereocenters. The maximum Gasteiger partial charge on any atom is 0.274 e. The van der Waals surface area contributed by atoms with Crippen LogP contribution in [0.3, 0.4) is 0 Å². The van der Waals surface area contributed by atoms with E-state index in [2.05, 4.69) is 25.9 Å². The molecule has 19 heavy (non-hydrogen) atoms. The molecule has 1 aromatic heterocycles. The molecule has 0 aliphatic rings. The predicted molar refractivity (Wildman–Crippen MR) is 76.7 cm³/mol. The quantitative estimate of drug-likeness (QED) is 0.874. The van der Waals surface area contributed by atoms with Crippen molar-refractivity contribution in [3.05, 3.63) is 58.1 Å². The Morgan fingerprint density at radius 3 is 2.63 bits per heavy atom. The maximum atomic E-state index is 12.2. The molecular weight excluding hydrogens is 306 g/mol. The van der Waals surface area contributed by atoms with Gasteiger partial charge in [0.25, 0.3) is 5.91 Å². The number of aryl methyl sites for hydroxylation is 1. The summed E-state index contributed by atoms with van der Waals surface area (Å²) in [5.41, 5.74) is 2.21. The summed E-state index contributed by atoms with van der Waals surface area (Å²) in [6.07, 6.45) is 3.10. The Morgan fingerprint density at radius 2 is 2.00 bits per heavy atom. The smallest absolute Gasteiger partial charge is 0.274 e. The van der Waals surface area contributed by atoms with Crippen LogP contribution in [-0.2, 0) is 6.54 Å². The zero-order valence-corrected chi connectivity index (χ0v) is 12.4. The van der Waals surface area contributed by atoms with E-state index in [1.807, 2.05) is 31.2 Å². The van der Waals surface area contributed by atoms with E-state index in [0.717, 1.165) is 15.7 Å². The molecule has 0 aliphatic heterocycles. The second-order valence-electron chi connectivity index (χ2n) is 4.30. The highest BCUT2D eigenvalue weighted by Crippen LogP contribution is 2.17. The molecule has 0 aliphatic carbocycles. The van der Waals surface area contributed by atoms with Crippen LogP contribution in [-0.4, -0.2) is 27.8 Å². The molecule has 0 spiro atoms. The van der Waals surface area contributed by atoms with Crippen LogP contribution in [0.4, 0.5) is 0 Å². The van der Waals surface area contributed by atoms with Crippen molar-refractivity contribution < 1.29 is 4.79 Å². The molecule has 2 aromatic rings. The van der Waals surface area contributed by atoms with Crippen molar-refractivity contribution in [1.29, 1.82) is 0 Å². The fourth-order valence-corrected chi connectivity index (χ4v) is 2.06. The van der Waals surface area contributed by atoms with Crippen LogP contribution in [0.5, 0.6) is 0 Å². The first-order chi connectivity index (χ1) is 9.08. The second kappa shape index (κ2) is 5.93. The molecule has 1 heterocycles. The number of carbonyl (C=O) groups is 1. The summed E-state index contributed by atoms with van der Waals surface area (Å²) in [6.45, 7) is 2.36. The van der Waals surface area contributed by atoms with Crippen LogP contribution in [0.15, 0.2) is 41.1 Å². The number of benzene rings is 1. The third-order valence-electron chi connectivity index (χ3n) is 2.71. The van der Waals surface area contributed by atoms with Crippen molar-refractivity contribution in [1.82, 2.24) is 14.9 Å². The van der Waals surface area contributed by atoms with E-state index in [-0.39, 0.29) is 5.91 Å². The summed E-state index contributed by atoms with van der Waals surface area (Å²) in [5.74, 6) is -0.136. The lowest BCUT2D eigenvalue weighted by molar-refractivity contribution is 0.0778. The van der Waals surface area contributed by atoms with E-state index in [0.29, 0.717) is 12.2 Å². The first-order valence-corrected chi connectivity index (χ1v) is 6.65. The Balaban J connectivity index is 2.12. The van der Waals surface area contributed by atoms with E-state index in [1.165, 1.54) is 6.20 Å². The van der Waals surface area contributed by atoms with Gasteiger partial charge in [-0.15, -0.1) is 0 Å². The van der Waals surface area contributed by atoms with Crippen molar-refractivity contribution in [2.45, 2.75) is 13.5 Å².